The molecule has 0 fully saturated rings. The van der Waals surface area contributed by atoms with Crippen molar-refractivity contribution >= 4 is 28.1 Å². The maximum absolute atomic E-state index is 13.0. The van der Waals surface area contributed by atoms with Crippen LogP contribution in [0.3, 0.4) is 0 Å². The first-order valence-electron chi connectivity index (χ1n) is 9.77. The minimum atomic E-state index is -4.95. The molecule has 0 saturated carbocycles. The summed E-state index contributed by atoms with van der Waals surface area (Å²) in [4.78, 5) is 31.1. The van der Waals surface area contributed by atoms with Crippen LogP contribution in [0.4, 0.5) is 13.2 Å². The third-order valence-electron chi connectivity index (χ3n) is 5.01. The van der Waals surface area contributed by atoms with Crippen LogP contribution in [-0.2, 0) is 4.79 Å². The Hall–Kier alpha value is -2.92. The lowest BCUT2D eigenvalue weighted by molar-refractivity contribution is -0.253. The third-order valence-corrected chi connectivity index (χ3v) is 5.92. The summed E-state index contributed by atoms with van der Waals surface area (Å²) in [6.07, 6.45) is -2.89. The molecule has 2 amide bonds. The number of aryl methyl sites for hydroxylation is 1. The summed E-state index contributed by atoms with van der Waals surface area (Å²) in [6.45, 7) is 4.00. The highest BCUT2D eigenvalue weighted by Crippen LogP contribution is 2.32. The second-order valence-corrected chi connectivity index (χ2v) is 9.02. The normalized spacial score (nSPS) is 15.7. The molecule has 3 aromatic rings. The van der Waals surface area contributed by atoms with Gasteiger partial charge in [0.25, 0.3) is 5.91 Å². The molecule has 11 heteroatoms. The minimum absolute atomic E-state index is 0.295. The number of fused-ring (bicyclic) bond motifs is 1. The predicted octanol–water partition coefficient (Wildman–Crippen LogP) is 3.38. The average molecular weight is 469 g/mol. The zero-order chi connectivity index (χ0) is 23.7. The molecular weight excluding hydrogens is 445 g/mol. The van der Waals surface area contributed by atoms with Crippen LogP contribution in [-0.4, -0.2) is 44.1 Å². The molecule has 1 aromatic carbocycles. The lowest BCUT2D eigenvalue weighted by Crippen LogP contribution is -2.50. The summed E-state index contributed by atoms with van der Waals surface area (Å²) >= 11 is 1.43. The van der Waals surface area contributed by atoms with Crippen LogP contribution in [0.5, 0.6) is 0 Å². The number of nitrogens with zero attached hydrogens (tertiary/aromatic N) is 2. The second kappa shape index (κ2) is 8.91. The van der Waals surface area contributed by atoms with Gasteiger partial charge in [-0.15, -0.1) is 11.3 Å². The van der Waals surface area contributed by atoms with Crippen LogP contribution in [0.1, 0.15) is 47.2 Å². The van der Waals surface area contributed by atoms with E-state index in [2.05, 4.69) is 15.6 Å². The van der Waals surface area contributed by atoms with E-state index in [1.165, 1.54) is 17.5 Å². The van der Waals surface area contributed by atoms with E-state index < -0.39 is 42.1 Å². The topological polar surface area (TPSA) is 95.7 Å². The minimum Gasteiger partial charge on any atom is -0.380 e. The van der Waals surface area contributed by atoms with Gasteiger partial charge in [-0.2, -0.15) is 13.2 Å². The molecule has 0 radical (unpaired) electrons. The Morgan fingerprint density at radius 2 is 1.88 bits per heavy atom. The molecule has 2 heterocycles. The van der Waals surface area contributed by atoms with Crippen molar-refractivity contribution in [2.75, 3.05) is 0 Å². The van der Waals surface area contributed by atoms with Crippen molar-refractivity contribution in [2.45, 2.75) is 51.1 Å². The summed E-state index contributed by atoms with van der Waals surface area (Å²) in [7, 11) is 0. The number of imidazole rings is 1. The fourth-order valence-corrected chi connectivity index (χ4v) is 4.04. The van der Waals surface area contributed by atoms with E-state index in [1.807, 2.05) is 6.92 Å². The van der Waals surface area contributed by atoms with Gasteiger partial charge in [0.15, 0.2) is 10.6 Å². The van der Waals surface area contributed by atoms with Gasteiger partial charge >= 0.3 is 6.18 Å². The third kappa shape index (κ3) is 5.10. The molecular formula is C21H23F3N4O3S. The molecule has 7 nitrogen and oxygen atoms in total. The maximum Gasteiger partial charge on any atom is 0.417 e. The average Bonchev–Trinajstić information content (AvgIpc) is 3.24. The molecule has 3 unspecified atom stereocenters. The molecule has 32 heavy (non-hydrogen) atoms. The van der Waals surface area contributed by atoms with Crippen molar-refractivity contribution in [1.29, 1.82) is 0 Å². The van der Waals surface area contributed by atoms with E-state index in [0.29, 0.717) is 23.1 Å². The van der Waals surface area contributed by atoms with Crippen LogP contribution >= 0.6 is 11.3 Å². The Kier molecular flexibility index (Phi) is 6.61. The number of aliphatic hydroxyl groups is 1. The Morgan fingerprint density at radius 1 is 1.22 bits per heavy atom. The first-order valence-corrected chi connectivity index (χ1v) is 10.6. The van der Waals surface area contributed by atoms with Crippen molar-refractivity contribution in [3.05, 3.63) is 58.9 Å². The van der Waals surface area contributed by atoms with Gasteiger partial charge < -0.3 is 15.7 Å². The SMILES string of the molecule is Cc1cn2c(C(=O)NC(c3ccccc3)C(C)NC(=O)CC(C)(O)C(F)(F)F)cnc2s1. The predicted molar refractivity (Wildman–Crippen MR) is 113 cm³/mol. The Morgan fingerprint density at radius 3 is 2.50 bits per heavy atom. The number of thiazole rings is 1. The fraction of sp³-hybridized carbons (Fsp3) is 0.381. The van der Waals surface area contributed by atoms with Crippen molar-refractivity contribution in [3.63, 3.8) is 0 Å². The van der Waals surface area contributed by atoms with Crippen molar-refractivity contribution in [2.24, 2.45) is 0 Å². The monoisotopic (exact) mass is 468 g/mol. The number of hydrogen-bond acceptors (Lipinski definition) is 5. The van der Waals surface area contributed by atoms with Crippen LogP contribution in [0, 0.1) is 6.92 Å². The number of benzene rings is 1. The zero-order valence-electron chi connectivity index (χ0n) is 17.6. The van der Waals surface area contributed by atoms with Gasteiger partial charge in [-0.1, -0.05) is 30.3 Å². The van der Waals surface area contributed by atoms with E-state index in [9.17, 15) is 27.9 Å². The van der Waals surface area contributed by atoms with Gasteiger partial charge in [-0.25, -0.2) is 4.98 Å². The standard InChI is InChI=1S/C21H23F3N4O3S/c1-12-11-28-15(10-25-19(28)32-12)18(30)27-17(14-7-5-4-6-8-14)13(2)26-16(29)9-20(3,31)21(22,23)24/h4-8,10-11,13,17,31H,9H2,1-3H3,(H,26,29)(H,27,30). The Balaban J connectivity index is 1.80. The summed E-state index contributed by atoms with van der Waals surface area (Å²) in [5.74, 6) is -1.44. The smallest absolute Gasteiger partial charge is 0.380 e. The highest BCUT2D eigenvalue weighted by atomic mass is 32.1. The van der Waals surface area contributed by atoms with E-state index in [1.54, 1.807) is 47.9 Å². The number of aromatic nitrogens is 2. The Bertz CT molecular complexity index is 1110. The number of amides is 2. The quantitative estimate of drug-likeness (QED) is 0.495. The largest absolute Gasteiger partial charge is 0.417 e. The highest BCUT2D eigenvalue weighted by Gasteiger charge is 2.51. The van der Waals surface area contributed by atoms with E-state index in [-0.39, 0.29) is 0 Å². The summed E-state index contributed by atoms with van der Waals surface area (Å²) in [5, 5.41) is 14.9. The molecule has 3 rings (SSSR count). The van der Waals surface area contributed by atoms with Gasteiger partial charge in [-0.05, 0) is 26.3 Å². The lowest BCUT2D eigenvalue weighted by atomic mass is 9.98. The fourth-order valence-electron chi connectivity index (χ4n) is 3.24. The molecule has 2 aromatic heterocycles. The Labute approximate surface area is 186 Å². The van der Waals surface area contributed by atoms with Gasteiger partial charge in [-0.3, -0.25) is 14.0 Å². The molecule has 0 bridgehead atoms. The number of carbonyl (C=O) groups is 2. The van der Waals surface area contributed by atoms with Crippen LogP contribution in [0.15, 0.2) is 42.7 Å². The molecule has 0 aliphatic rings. The van der Waals surface area contributed by atoms with E-state index in [0.717, 1.165) is 4.88 Å². The number of rotatable bonds is 7. The van der Waals surface area contributed by atoms with Crippen molar-refractivity contribution < 1.29 is 27.9 Å². The first-order chi connectivity index (χ1) is 14.9. The maximum atomic E-state index is 13.0. The zero-order valence-corrected chi connectivity index (χ0v) is 18.4. The highest BCUT2D eigenvalue weighted by molar-refractivity contribution is 7.17. The molecule has 0 aliphatic carbocycles. The van der Waals surface area contributed by atoms with Crippen LogP contribution < -0.4 is 10.6 Å². The first kappa shape index (κ1) is 23.7. The van der Waals surface area contributed by atoms with Gasteiger partial charge in [0.2, 0.25) is 5.91 Å². The molecule has 0 aliphatic heterocycles. The number of carbonyl (C=O) groups excluding carboxylic acids is 2. The summed E-state index contributed by atoms with van der Waals surface area (Å²) in [5.41, 5.74) is -2.22. The molecule has 3 atom stereocenters. The summed E-state index contributed by atoms with van der Waals surface area (Å²) in [6, 6.07) is 7.23. The van der Waals surface area contributed by atoms with E-state index >= 15 is 0 Å². The number of alkyl halides is 3. The molecule has 3 N–H and O–H groups in total. The molecule has 0 saturated heterocycles. The van der Waals surface area contributed by atoms with Gasteiger partial charge in [0.1, 0.15) is 5.69 Å². The van der Waals surface area contributed by atoms with E-state index in [4.69, 9.17) is 0 Å². The van der Waals surface area contributed by atoms with Crippen LogP contribution in [0.25, 0.3) is 4.96 Å². The summed E-state index contributed by atoms with van der Waals surface area (Å²) < 4.78 is 40.4. The second-order valence-electron chi connectivity index (χ2n) is 7.80. The van der Waals surface area contributed by atoms with Crippen molar-refractivity contribution in [1.82, 2.24) is 20.0 Å². The van der Waals surface area contributed by atoms with Crippen molar-refractivity contribution in [3.8, 4) is 0 Å². The molecule has 172 valence electrons. The number of halogens is 3. The van der Waals surface area contributed by atoms with Crippen LogP contribution in [0.2, 0.25) is 0 Å². The number of nitrogens with one attached hydrogen (secondary N) is 2. The lowest BCUT2D eigenvalue weighted by Gasteiger charge is -2.29. The number of hydrogen-bond donors (Lipinski definition) is 3. The molecule has 0 spiro atoms. The van der Waals surface area contributed by atoms with Gasteiger partial charge in [0.05, 0.1) is 24.7 Å². The van der Waals surface area contributed by atoms with Gasteiger partial charge in [0, 0.05) is 11.1 Å².